The number of benzene rings is 3. The molecule has 0 bridgehead atoms. The van der Waals surface area contributed by atoms with E-state index in [1.807, 2.05) is 92.4 Å². The molecule has 0 spiro atoms. The van der Waals surface area contributed by atoms with E-state index in [-0.39, 0.29) is 24.3 Å². The van der Waals surface area contributed by atoms with E-state index in [0.29, 0.717) is 31.8 Å². The van der Waals surface area contributed by atoms with Crippen molar-refractivity contribution in [2.75, 3.05) is 39.2 Å². The molecule has 2 atom stereocenters. The molecule has 5 rings (SSSR count). The number of carboxylic acid groups (broad SMARTS) is 1. The lowest BCUT2D eigenvalue weighted by atomic mass is 9.93. The number of aromatic nitrogens is 2. The molecule has 0 unspecified atom stereocenters. The summed E-state index contributed by atoms with van der Waals surface area (Å²) in [5.74, 6) is 1.04. The van der Waals surface area contributed by atoms with Crippen LogP contribution in [-0.2, 0) is 22.5 Å². The third-order valence-electron chi connectivity index (χ3n) is 9.39. The molecule has 3 aromatic carbocycles. The first-order chi connectivity index (χ1) is 24.0. The van der Waals surface area contributed by atoms with Crippen LogP contribution in [0.1, 0.15) is 63.8 Å². The van der Waals surface area contributed by atoms with Crippen LogP contribution in [0.15, 0.2) is 72.8 Å². The minimum Gasteiger partial charge on any atom is -0.465 e. The molecule has 1 fully saturated rings. The van der Waals surface area contributed by atoms with Crippen molar-refractivity contribution in [2.24, 2.45) is 0 Å². The molecular formula is C39H50N6O5. The van der Waals surface area contributed by atoms with E-state index in [0.717, 1.165) is 59.4 Å². The van der Waals surface area contributed by atoms with Crippen molar-refractivity contribution >= 4 is 34.8 Å². The fourth-order valence-electron chi connectivity index (χ4n) is 7.04. The van der Waals surface area contributed by atoms with Crippen LogP contribution in [0.25, 0.3) is 22.2 Å². The van der Waals surface area contributed by atoms with Gasteiger partial charge in [-0.2, -0.15) is 0 Å². The Kier molecular flexibility index (Phi) is 11.8. The van der Waals surface area contributed by atoms with Crippen molar-refractivity contribution in [3.63, 3.8) is 0 Å². The van der Waals surface area contributed by atoms with Crippen molar-refractivity contribution in [1.82, 2.24) is 24.7 Å². The molecule has 266 valence electrons. The number of anilines is 1. The summed E-state index contributed by atoms with van der Waals surface area (Å²) in [6.07, 6.45) is 2.10. The molecule has 50 heavy (non-hydrogen) atoms. The number of hydrogen-bond donors (Lipinski definition) is 3. The number of para-hydroxylation sites is 2. The zero-order valence-corrected chi connectivity index (χ0v) is 29.8. The maximum absolute atomic E-state index is 14.1. The fourth-order valence-corrected chi connectivity index (χ4v) is 7.04. The lowest BCUT2D eigenvalue weighted by Crippen LogP contribution is -2.54. The number of hydrogen-bond acceptors (Lipinski definition) is 5. The number of ether oxygens (including phenoxy) is 1. The Morgan fingerprint density at radius 1 is 1.02 bits per heavy atom. The smallest absolute Gasteiger partial charge is 0.408 e. The average molecular weight is 683 g/mol. The molecule has 2 heterocycles. The van der Waals surface area contributed by atoms with E-state index >= 15 is 0 Å². The number of carbonyl (C=O) groups excluding carboxylic acids is 2. The second-order valence-corrected chi connectivity index (χ2v) is 14.0. The standard InChI is InChI=1S/C39H50N6O5/c1-39(2,3)45(38(48)49)32(24-27-13-15-28(16-14-27)29-17-19-31(20-18-29)41-37(47)40-4)25-35(46)43-21-8-10-30(26-43)36-42-33-11-6-7-12-34(33)44(36)22-9-23-50-5/h6-7,11-20,30,32H,8-10,21-26H2,1-5H3,(H,48,49)(H2,40,41,47)/t30-,32-/m1/s1. The number of methoxy groups -OCH3 is 1. The summed E-state index contributed by atoms with van der Waals surface area (Å²) in [5.41, 5.74) is 4.94. The summed E-state index contributed by atoms with van der Waals surface area (Å²) in [5, 5.41) is 15.7. The highest BCUT2D eigenvalue weighted by atomic mass is 16.5. The number of imidazole rings is 1. The van der Waals surface area contributed by atoms with Gasteiger partial charge in [0.05, 0.1) is 11.0 Å². The molecule has 4 aromatic rings. The molecule has 1 aromatic heterocycles. The Bertz CT molecular complexity index is 1760. The molecule has 0 aliphatic carbocycles. The summed E-state index contributed by atoms with van der Waals surface area (Å²) in [6.45, 7) is 8.24. The van der Waals surface area contributed by atoms with Gasteiger partial charge in [-0.25, -0.2) is 14.6 Å². The maximum atomic E-state index is 14.1. The van der Waals surface area contributed by atoms with E-state index in [9.17, 15) is 19.5 Å². The molecule has 0 saturated carbocycles. The van der Waals surface area contributed by atoms with Gasteiger partial charge in [-0.05, 0) is 87.4 Å². The summed E-state index contributed by atoms with van der Waals surface area (Å²) in [4.78, 5) is 46.8. The number of carbonyl (C=O) groups is 3. The molecule has 3 N–H and O–H groups in total. The molecule has 0 radical (unpaired) electrons. The van der Waals surface area contributed by atoms with Crippen LogP contribution in [-0.4, -0.2) is 87.9 Å². The van der Waals surface area contributed by atoms with Gasteiger partial charge < -0.3 is 29.9 Å². The second kappa shape index (κ2) is 16.2. The van der Waals surface area contributed by atoms with Crippen LogP contribution in [0, 0.1) is 0 Å². The van der Waals surface area contributed by atoms with Gasteiger partial charge in [-0.15, -0.1) is 0 Å². The molecule has 11 heteroatoms. The minimum atomic E-state index is -1.04. The summed E-state index contributed by atoms with van der Waals surface area (Å²) in [7, 11) is 3.28. The van der Waals surface area contributed by atoms with Crippen molar-refractivity contribution in [1.29, 1.82) is 0 Å². The van der Waals surface area contributed by atoms with Gasteiger partial charge in [-0.1, -0.05) is 48.5 Å². The van der Waals surface area contributed by atoms with Gasteiger partial charge in [0.1, 0.15) is 5.82 Å². The van der Waals surface area contributed by atoms with Crippen LogP contribution in [0.3, 0.4) is 0 Å². The number of nitrogens with one attached hydrogen (secondary N) is 2. The Morgan fingerprint density at radius 2 is 1.70 bits per heavy atom. The molecule has 1 saturated heterocycles. The van der Waals surface area contributed by atoms with Gasteiger partial charge in [0.15, 0.2) is 0 Å². The first-order valence-corrected chi connectivity index (χ1v) is 17.4. The highest BCUT2D eigenvalue weighted by molar-refractivity contribution is 5.89. The van der Waals surface area contributed by atoms with Crippen molar-refractivity contribution in [3.05, 3.63) is 84.2 Å². The first kappa shape index (κ1) is 36.4. The van der Waals surface area contributed by atoms with Crippen LogP contribution in [0.2, 0.25) is 0 Å². The molecular weight excluding hydrogens is 632 g/mol. The summed E-state index contributed by atoms with van der Waals surface area (Å²) >= 11 is 0. The zero-order chi connectivity index (χ0) is 35.8. The molecule has 4 amide bonds. The topological polar surface area (TPSA) is 129 Å². The minimum absolute atomic E-state index is 0.0423. The number of fused-ring (bicyclic) bond motifs is 1. The predicted molar refractivity (Wildman–Crippen MR) is 196 cm³/mol. The largest absolute Gasteiger partial charge is 0.465 e. The monoisotopic (exact) mass is 682 g/mol. The highest BCUT2D eigenvalue weighted by Gasteiger charge is 2.37. The average Bonchev–Trinajstić information content (AvgIpc) is 3.47. The quantitative estimate of drug-likeness (QED) is 0.138. The summed E-state index contributed by atoms with van der Waals surface area (Å²) < 4.78 is 7.60. The van der Waals surface area contributed by atoms with Crippen LogP contribution >= 0.6 is 0 Å². The van der Waals surface area contributed by atoms with E-state index in [2.05, 4.69) is 21.3 Å². The number of rotatable bonds is 12. The van der Waals surface area contributed by atoms with E-state index < -0.39 is 17.7 Å². The maximum Gasteiger partial charge on any atom is 0.408 e. The van der Waals surface area contributed by atoms with Crippen LogP contribution in [0.4, 0.5) is 15.3 Å². The number of piperidine rings is 1. The fraction of sp³-hybridized carbons (Fsp3) is 0.436. The van der Waals surface area contributed by atoms with Gasteiger partial charge in [-0.3, -0.25) is 9.69 Å². The number of urea groups is 1. The van der Waals surface area contributed by atoms with Crippen molar-refractivity contribution in [2.45, 2.75) is 76.9 Å². The Hall–Kier alpha value is -4.90. The number of amides is 4. The van der Waals surface area contributed by atoms with Gasteiger partial charge >= 0.3 is 12.1 Å². The van der Waals surface area contributed by atoms with Gasteiger partial charge in [0.2, 0.25) is 5.91 Å². The number of likely N-dealkylation sites (tertiary alicyclic amines) is 1. The first-order valence-electron chi connectivity index (χ1n) is 17.4. The van der Waals surface area contributed by atoms with E-state index in [1.54, 1.807) is 14.2 Å². The van der Waals surface area contributed by atoms with Crippen LogP contribution < -0.4 is 10.6 Å². The second-order valence-electron chi connectivity index (χ2n) is 14.0. The SMILES string of the molecule is CNC(=O)Nc1ccc(-c2ccc(C[C@H](CC(=O)N3CCC[C@@H](c4nc5ccccc5n4CCCOC)C3)N(C(=O)O)C(C)(C)C)cc2)cc1. The highest BCUT2D eigenvalue weighted by Crippen LogP contribution is 2.31. The van der Waals surface area contributed by atoms with Crippen LogP contribution in [0.5, 0.6) is 0 Å². The third-order valence-corrected chi connectivity index (χ3v) is 9.39. The van der Waals surface area contributed by atoms with Crippen molar-refractivity contribution in [3.8, 4) is 11.1 Å². The predicted octanol–water partition coefficient (Wildman–Crippen LogP) is 6.98. The van der Waals surface area contributed by atoms with Gasteiger partial charge in [0.25, 0.3) is 0 Å². The molecule has 11 nitrogen and oxygen atoms in total. The van der Waals surface area contributed by atoms with E-state index in [1.165, 1.54) is 4.90 Å². The molecule has 1 aliphatic rings. The number of nitrogens with zero attached hydrogens (tertiary/aromatic N) is 4. The lowest BCUT2D eigenvalue weighted by Gasteiger charge is -2.41. The Morgan fingerprint density at radius 3 is 2.34 bits per heavy atom. The Labute approximate surface area is 294 Å². The normalized spacial score (nSPS) is 15.5. The number of aryl methyl sites for hydroxylation is 1. The summed E-state index contributed by atoms with van der Waals surface area (Å²) in [6, 6.07) is 22.9. The zero-order valence-electron chi connectivity index (χ0n) is 29.8. The van der Waals surface area contributed by atoms with Gasteiger partial charge in [0, 0.05) is 70.0 Å². The lowest BCUT2D eigenvalue weighted by molar-refractivity contribution is -0.134. The Balaban J connectivity index is 1.33. The van der Waals surface area contributed by atoms with Crippen molar-refractivity contribution < 1.29 is 24.2 Å². The third kappa shape index (κ3) is 8.81. The van der Waals surface area contributed by atoms with E-state index in [4.69, 9.17) is 9.72 Å². The molecule has 1 aliphatic heterocycles.